The predicted octanol–water partition coefficient (Wildman–Crippen LogP) is 6.42. The molecule has 0 aliphatic carbocycles. The number of nitrogens with one attached hydrogen (secondary N) is 1. The van der Waals surface area contributed by atoms with Gasteiger partial charge in [0.15, 0.2) is 0 Å². The molecule has 1 atom stereocenters. The zero-order valence-electron chi connectivity index (χ0n) is 12.6. The van der Waals surface area contributed by atoms with Crippen LogP contribution in [-0.2, 0) is 0 Å². The molecule has 0 amide bonds. The Morgan fingerprint density at radius 2 is 1.76 bits per heavy atom. The summed E-state index contributed by atoms with van der Waals surface area (Å²) in [6.07, 6.45) is 1.14. The van der Waals surface area contributed by atoms with Crippen LogP contribution in [0.5, 0.6) is 0 Å². The van der Waals surface area contributed by atoms with Gasteiger partial charge in [0.05, 0.1) is 0 Å². The molecule has 0 spiro atoms. The van der Waals surface area contributed by atoms with Gasteiger partial charge in [0.1, 0.15) is 0 Å². The molecule has 0 fully saturated rings. The second-order valence-electron chi connectivity index (χ2n) is 5.54. The molecular weight excluding hydrogens is 321 g/mol. The molecule has 1 unspecified atom stereocenters. The van der Waals surface area contributed by atoms with Crippen LogP contribution in [0.3, 0.4) is 0 Å². The molecule has 0 aliphatic rings. The Morgan fingerprint density at radius 1 is 1.10 bits per heavy atom. The average Bonchev–Trinajstić information content (AvgIpc) is 2.87. The molecule has 0 aliphatic heterocycles. The maximum absolute atomic E-state index is 6.10. The van der Waals surface area contributed by atoms with E-state index < -0.39 is 0 Å². The summed E-state index contributed by atoms with van der Waals surface area (Å²) in [6, 6.07) is 10.5. The molecule has 2 rings (SSSR count). The van der Waals surface area contributed by atoms with Gasteiger partial charge in [-0.25, -0.2) is 0 Å². The van der Waals surface area contributed by atoms with Crippen LogP contribution < -0.4 is 5.32 Å². The Balaban J connectivity index is 2.27. The predicted molar refractivity (Wildman–Crippen MR) is 95.6 cm³/mol. The Labute approximate surface area is 141 Å². The van der Waals surface area contributed by atoms with Crippen LogP contribution in [0.1, 0.15) is 38.1 Å². The quantitative estimate of drug-likeness (QED) is 0.639. The van der Waals surface area contributed by atoms with Crippen molar-refractivity contribution in [1.82, 2.24) is 5.32 Å². The van der Waals surface area contributed by atoms with Gasteiger partial charge in [0.2, 0.25) is 0 Å². The van der Waals surface area contributed by atoms with Crippen LogP contribution >= 0.6 is 34.5 Å². The summed E-state index contributed by atoms with van der Waals surface area (Å²) in [5.41, 5.74) is 1.08. The van der Waals surface area contributed by atoms with Crippen LogP contribution in [0.15, 0.2) is 30.3 Å². The molecule has 1 heterocycles. The van der Waals surface area contributed by atoms with E-state index in [1.807, 2.05) is 23.5 Å². The third-order valence-corrected chi connectivity index (χ3v) is 5.02. The molecule has 2 aromatic rings. The second kappa shape index (κ2) is 7.64. The molecule has 0 bridgehead atoms. The Bertz CT molecular complexity index is 572. The van der Waals surface area contributed by atoms with E-state index in [9.17, 15) is 0 Å². The van der Waals surface area contributed by atoms with Crippen molar-refractivity contribution in [3.8, 4) is 10.4 Å². The smallest absolute Gasteiger partial charge is 0.0438 e. The van der Waals surface area contributed by atoms with E-state index in [4.69, 9.17) is 23.2 Å². The minimum Gasteiger partial charge on any atom is -0.309 e. The fourth-order valence-corrected chi connectivity index (χ4v) is 4.11. The van der Waals surface area contributed by atoms with Gasteiger partial charge >= 0.3 is 0 Å². The first-order chi connectivity index (χ1) is 10.0. The molecule has 4 heteroatoms. The van der Waals surface area contributed by atoms with Crippen molar-refractivity contribution in [3.05, 3.63) is 45.3 Å². The van der Waals surface area contributed by atoms with Gasteiger partial charge < -0.3 is 5.32 Å². The van der Waals surface area contributed by atoms with Gasteiger partial charge in [-0.1, -0.05) is 44.0 Å². The highest BCUT2D eigenvalue weighted by Crippen LogP contribution is 2.36. The zero-order chi connectivity index (χ0) is 15.4. The highest BCUT2D eigenvalue weighted by molar-refractivity contribution is 7.15. The highest BCUT2D eigenvalue weighted by Gasteiger charge is 2.17. The van der Waals surface area contributed by atoms with Gasteiger partial charge in [0.25, 0.3) is 0 Å². The molecule has 0 saturated carbocycles. The van der Waals surface area contributed by atoms with Crippen molar-refractivity contribution in [3.63, 3.8) is 0 Å². The Hall–Kier alpha value is -0.540. The van der Waals surface area contributed by atoms with Gasteiger partial charge in [0, 0.05) is 25.8 Å². The van der Waals surface area contributed by atoms with E-state index in [0.29, 0.717) is 22.0 Å². The largest absolute Gasteiger partial charge is 0.309 e. The Morgan fingerprint density at radius 3 is 2.33 bits per heavy atom. The molecule has 114 valence electrons. The lowest BCUT2D eigenvalue weighted by Crippen LogP contribution is -2.25. The summed E-state index contributed by atoms with van der Waals surface area (Å²) in [4.78, 5) is 2.57. The molecule has 21 heavy (non-hydrogen) atoms. The van der Waals surface area contributed by atoms with Crippen molar-refractivity contribution >= 4 is 34.5 Å². The minimum atomic E-state index is 0.401. The first kappa shape index (κ1) is 16.8. The van der Waals surface area contributed by atoms with E-state index in [0.717, 1.165) is 18.5 Å². The standard InChI is InChI=1S/C17H21Cl2NS/c1-4-7-20-17(11(2)3)16-6-5-15(21-16)12-8-13(18)10-14(19)9-12/h5-6,8-11,17,20H,4,7H2,1-3H3. The number of halogens is 2. The van der Waals surface area contributed by atoms with Crippen molar-refractivity contribution in [2.75, 3.05) is 6.54 Å². The first-order valence-electron chi connectivity index (χ1n) is 7.30. The fraction of sp³-hybridized carbons (Fsp3) is 0.412. The van der Waals surface area contributed by atoms with Crippen molar-refractivity contribution in [1.29, 1.82) is 0 Å². The minimum absolute atomic E-state index is 0.401. The average molecular weight is 342 g/mol. The van der Waals surface area contributed by atoms with E-state index in [1.165, 1.54) is 9.75 Å². The maximum Gasteiger partial charge on any atom is 0.0438 e. The summed E-state index contributed by atoms with van der Waals surface area (Å²) in [5, 5.41) is 4.99. The summed E-state index contributed by atoms with van der Waals surface area (Å²) < 4.78 is 0. The monoisotopic (exact) mass is 341 g/mol. The van der Waals surface area contributed by atoms with Gasteiger partial charge in [-0.2, -0.15) is 0 Å². The van der Waals surface area contributed by atoms with Crippen molar-refractivity contribution in [2.24, 2.45) is 5.92 Å². The number of rotatable bonds is 6. The molecule has 1 aromatic carbocycles. The summed E-state index contributed by atoms with van der Waals surface area (Å²) >= 11 is 14.0. The molecule has 1 nitrogen and oxygen atoms in total. The zero-order valence-corrected chi connectivity index (χ0v) is 14.9. The van der Waals surface area contributed by atoms with Gasteiger partial charge in [-0.15, -0.1) is 11.3 Å². The van der Waals surface area contributed by atoms with Gasteiger partial charge in [-0.05, 0) is 54.8 Å². The van der Waals surface area contributed by atoms with Crippen LogP contribution in [0.25, 0.3) is 10.4 Å². The molecule has 0 saturated heterocycles. The van der Waals surface area contributed by atoms with E-state index in [-0.39, 0.29) is 0 Å². The first-order valence-corrected chi connectivity index (χ1v) is 8.88. The number of thiophene rings is 1. The number of hydrogen-bond acceptors (Lipinski definition) is 2. The lowest BCUT2D eigenvalue weighted by Gasteiger charge is -2.20. The number of benzene rings is 1. The third kappa shape index (κ3) is 4.46. The summed E-state index contributed by atoms with van der Waals surface area (Å²) in [7, 11) is 0. The van der Waals surface area contributed by atoms with Crippen LogP contribution in [-0.4, -0.2) is 6.54 Å². The van der Waals surface area contributed by atoms with Crippen molar-refractivity contribution < 1.29 is 0 Å². The summed E-state index contributed by atoms with van der Waals surface area (Å²) in [5.74, 6) is 0.561. The Kier molecular flexibility index (Phi) is 6.12. The maximum atomic E-state index is 6.10. The van der Waals surface area contributed by atoms with E-state index in [2.05, 4.69) is 38.2 Å². The van der Waals surface area contributed by atoms with Crippen LogP contribution in [0, 0.1) is 5.92 Å². The third-order valence-electron chi connectivity index (χ3n) is 3.36. The van der Waals surface area contributed by atoms with Crippen molar-refractivity contribution in [2.45, 2.75) is 33.2 Å². The van der Waals surface area contributed by atoms with E-state index >= 15 is 0 Å². The molecule has 0 radical (unpaired) electrons. The topological polar surface area (TPSA) is 12.0 Å². The SMILES string of the molecule is CCCNC(c1ccc(-c2cc(Cl)cc(Cl)c2)s1)C(C)C. The second-order valence-corrected chi connectivity index (χ2v) is 7.52. The van der Waals surface area contributed by atoms with E-state index in [1.54, 1.807) is 6.07 Å². The molecular formula is C17H21Cl2NS. The lowest BCUT2D eigenvalue weighted by atomic mass is 10.0. The summed E-state index contributed by atoms with van der Waals surface area (Å²) in [6.45, 7) is 7.74. The molecule has 1 N–H and O–H groups in total. The van der Waals surface area contributed by atoms with Crippen LogP contribution in [0.2, 0.25) is 10.0 Å². The highest BCUT2D eigenvalue weighted by atomic mass is 35.5. The lowest BCUT2D eigenvalue weighted by molar-refractivity contribution is 0.418. The van der Waals surface area contributed by atoms with Gasteiger partial charge in [-0.3, -0.25) is 0 Å². The van der Waals surface area contributed by atoms with Crippen LogP contribution in [0.4, 0.5) is 0 Å². The fourth-order valence-electron chi connectivity index (χ4n) is 2.34. The number of hydrogen-bond donors (Lipinski definition) is 1. The normalized spacial score (nSPS) is 12.9. The molecule has 1 aromatic heterocycles.